The number of hydrogen-bond acceptors (Lipinski definition) is 2. The molecule has 8 aromatic carbocycles. The minimum absolute atomic E-state index is 0.881. The monoisotopic (exact) mass is 535 g/mol. The number of benzene rings is 8. The summed E-state index contributed by atoms with van der Waals surface area (Å²) >= 11 is 0. The second-order valence-electron chi connectivity index (χ2n) is 10.9. The zero-order chi connectivity index (χ0) is 27.6. The maximum absolute atomic E-state index is 6.61. The molecule has 1 heterocycles. The predicted octanol–water partition coefficient (Wildman–Crippen LogP) is 11.6. The van der Waals surface area contributed by atoms with Crippen LogP contribution in [0.3, 0.4) is 0 Å². The van der Waals surface area contributed by atoms with E-state index in [1.807, 2.05) is 6.07 Å². The van der Waals surface area contributed by atoms with Gasteiger partial charge in [0.2, 0.25) is 0 Å². The van der Waals surface area contributed by atoms with Gasteiger partial charge in [0.15, 0.2) is 5.58 Å². The topological polar surface area (TPSA) is 16.4 Å². The Morgan fingerprint density at radius 2 is 1.02 bits per heavy atom. The minimum Gasteiger partial charge on any atom is -0.454 e. The number of nitrogens with zero attached hydrogens (tertiary/aromatic N) is 1. The molecule has 0 saturated heterocycles. The van der Waals surface area contributed by atoms with Gasteiger partial charge in [-0.15, -0.1) is 0 Å². The molecule has 0 saturated carbocycles. The molecule has 2 nitrogen and oxygen atoms in total. The number of furan rings is 1. The molecule has 0 spiro atoms. The van der Waals surface area contributed by atoms with E-state index in [0.29, 0.717) is 0 Å². The van der Waals surface area contributed by atoms with Crippen LogP contribution in [-0.2, 0) is 0 Å². The lowest BCUT2D eigenvalue weighted by atomic mass is 9.93. The highest BCUT2D eigenvalue weighted by Crippen LogP contribution is 2.47. The molecule has 42 heavy (non-hydrogen) atoms. The number of anilines is 3. The Balaban J connectivity index is 1.38. The molecule has 0 atom stereocenters. The highest BCUT2D eigenvalue weighted by molar-refractivity contribution is 6.24. The van der Waals surface area contributed by atoms with Crippen molar-refractivity contribution in [3.8, 4) is 11.1 Å². The Labute approximate surface area is 243 Å². The van der Waals surface area contributed by atoms with Gasteiger partial charge in [0.05, 0.1) is 11.4 Å². The first kappa shape index (κ1) is 23.1. The standard InChI is InChI=1S/C40H25NO/c1-2-10-26(11-3-1)32-14-4-6-17-35(32)41(36-18-9-16-34-33-15-5-7-19-37(33)42-40(34)36)31-24-29-22-20-27-12-8-13-28-21-23-30(25-31)39(29)38(27)28/h1-25H. The molecule has 1 aromatic heterocycles. The normalized spacial score (nSPS) is 11.8. The SMILES string of the molecule is c1ccc(-c2ccccc2N(c2cc3ccc4cccc5ccc(c2)c3c45)c2cccc3c2oc2ccccc23)cc1. The molecule has 0 N–H and O–H groups in total. The molecule has 196 valence electrons. The average Bonchev–Trinajstić information content (AvgIpc) is 3.44. The second kappa shape index (κ2) is 8.95. The van der Waals surface area contributed by atoms with Gasteiger partial charge in [-0.1, -0.05) is 121 Å². The highest BCUT2D eigenvalue weighted by Gasteiger charge is 2.23. The third-order valence-electron chi connectivity index (χ3n) is 8.56. The van der Waals surface area contributed by atoms with E-state index in [-0.39, 0.29) is 0 Å². The zero-order valence-corrected chi connectivity index (χ0v) is 22.8. The van der Waals surface area contributed by atoms with Gasteiger partial charge in [0, 0.05) is 22.0 Å². The van der Waals surface area contributed by atoms with E-state index in [4.69, 9.17) is 4.42 Å². The van der Waals surface area contributed by atoms with Gasteiger partial charge in [-0.05, 0) is 68.2 Å². The Hall–Kier alpha value is -5.60. The van der Waals surface area contributed by atoms with Crippen molar-refractivity contribution in [1.82, 2.24) is 0 Å². The van der Waals surface area contributed by atoms with Crippen LogP contribution in [0.4, 0.5) is 17.1 Å². The van der Waals surface area contributed by atoms with Gasteiger partial charge < -0.3 is 9.32 Å². The quantitative estimate of drug-likeness (QED) is 0.208. The third-order valence-corrected chi connectivity index (χ3v) is 8.56. The summed E-state index contributed by atoms with van der Waals surface area (Å²) < 4.78 is 6.61. The van der Waals surface area contributed by atoms with Crippen molar-refractivity contribution in [2.24, 2.45) is 0 Å². The van der Waals surface area contributed by atoms with Crippen molar-refractivity contribution in [1.29, 1.82) is 0 Å². The van der Waals surface area contributed by atoms with Crippen molar-refractivity contribution >= 4 is 71.3 Å². The molecule has 9 aromatic rings. The number of fused-ring (bicyclic) bond motifs is 3. The van der Waals surface area contributed by atoms with Crippen molar-refractivity contribution in [3.05, 3.63) is 152 Å². The van der Waals surface area contributed by atoms with Gasteiger partial charge >= 0.3 is 0 Å². The van der Waals surface area contributed by atoms with Crippen LogP contribution < -0.4 is 4.90 Å². The van der Waals surface area contributed by atoms with Crippen LogP contribution >= 0.6 is 0 Å². The van der Waals surface area contributed by atoms with E-state index in [2.05, 4.69) is 150 Å². The van der Waals surface area contributed by atoms with Gasteiger partial charge in [-0.3, -0.25) is 0 Å². The van der Waals surface area contributed by atoms with E-state index in [0.717, 1.165) is 44.6 Å². The van der Waals surface area contributed by atoms with Crippen LogP contribution in [0.15, 0.2) is 156 Å². The highest BCUT2D eigenvalue weighted by atomic mass is 16.3. The Bertz CT molecular complexity index is 2350. The maximum Gasteiger partial charge on any atom is 0.159 e. The molecule has 9 rings (SSSR count). The average molecular weight is 536 g/mol. The maximum atomic E-state index is 6.61. The van der Waals surface area contributed by atoms with Crippen LogP contribution in [0.25, 0.3) is 65.4 Å². The molecule has 0 fully saturated rings. The van der Waals surface area contributed by atoms with Crippen molar-refractivity contribution in [2.75, 3.05) is 4.90 Å². The van der Waals surface area contributed by atoms with Crippen molar-refractivity contribution in [2.45, 2.75) is 0 Å². The Kier molecular flexibility index (Phi) is 4.93. The largest absolute Gasteiger partial charge is 0.454 e. The van der Waals surface area contributed by atoms with Crippen LogP contribution in [0.1, 0.15) is 0 Å². The fourth-order valence-corrected chi connectivity index (χ4v) is 6.71. The molecular weight excluding hydrogens is 510 g/mol. The lowest BCUT2D eigenvalue weighted by Gasteiger charge is -2.28. The van der Waals surface area contributed by atoms with Gasteiger partial charge in [0.1, 0.15) is 5.58 Å². The number of para-hydroxylation sites is 3. The number of rotatable bonds is 4. The molecule has 0 aliphatic carbocycles. The first-order chi connectivity index (χ1) is 20.8. The smallest absolute Gasteiger partial charge is 0.159 e. The predicted molar refractivity (Wildman–Crippen MR) is 178 cm³/mol. The van der Waals surface area contributed by atoms with Crippen LogP contribution in [0, 0.1) is 0 Å². The molecule has 2 heteroatoms. The molecule has 0 unspecified atom stereocenters. The van der Waals surface area contributed by atoms with E-state index in [9.17, 15) is 0 Å². The van der Waals surface area contributed by atoms with E-state index < -0.39 is 0 Å². The van der Waals surface area contributed by atoms with Crippen molar-refractivity contribution < 1.29 is 4.42 Å². The molecular formula is C40H25NO. The van der Waals surface area contributed by atoms with Crippen LogP contribution in [0.2, 0.25) is 0 Å². The van der Waals surface area contributed by atoms with Gasteiger partial charge in [-0.25, -0.2) is 0 Å². The van der Waals surface area contributed by atoms with Gasteiger partial charge in [-0.2, -0.15) is 0 Å². The zero-order valence-electron chi connectivity index (χ0n) is 22.8. The summed E-state index contributed by atoms with van der Waals surface area (Å²) in [6.07, 6.45) is 0. The van der Waals surface area contributed by atoms with E-state index in [1.54, 1.807) is 0 Å². The molecule has 0 bridgehead atoms. The second-order valence-corrected chi connectivity index (χ2v) is 10.9. The van der Waals surface area contributed by atoms with E-state index >= 15 is 0 Å². The van der Waals surface area contributed by atoms with E-state index in [1.165, 1.54) is 37.9 Å². The lowest BCUT2D eigenvalue weighted by molar-refractivity contribution is 0.669. The third kappa shape index (κ3) is 3.39. The molecule has 0 amide bonds. The van der Waals surface area contributed by atoms with Crippen LogP contribution in [-0.4, -0.2) is 0 Å². The Morgan fingerprint density at radius 1 is 0.429 bits per heavy atom. The number of hydrogen-bond donors (Lipinski definition) is 0. The molecule has 0 aliphatic heterocycles. The summed E-state index contributed by atoms with van der Waals surface area (Å²) in [6, 6.07) is 54.3. The minimum atomic E-state index is 0.881. The summed E-state index contributed by atoms with van der Waals surface area (Å²) in [4.78, 5) is 2.38. The summed E-state index contributed by atoms with van der Waals surface area (Å²) in [5.74, 6) is 0. The molecule has 0 aliphatic rings. The fraction of sp³-hybridized carbons (Fsp3) is 0. The Morgan fingerprint density at radius 3 is 1.83 bits per heavy atom. The molecule has 0 radical (unpaired) electrons. The van der Waals surface area contributed by atoms with Crippen molar-refractivity contribution in [3.63, 3.8) is 0 Å². The first-order valence-corrected chi connectivity index (χ1v) is 14.4. The summed E-state index contributed by atoms with van der Waals surface area (Å²) in [5, 5.41) is 9.89. The van der Waals surface area contributed by atoms with Gasteiger partial charge in [0.25, 0.3) is 0 Å². The summed E-state index contributed by atoms with van der Waals surface area (Å²) in [5.41, 5.74) is 7.32. The fourth-order valence-electron chi connectivity index (χ4n) is 6.71. The lowest BCUT2D eigenvalue weighted by Crippen LogP contribution is -2.11. The summed E-state index contributed by atoms with van der Waals surface area (Å²) in [7, 11) is 0. The van der Waals surface area contributed by atoms with Crippen LogP contribution in [0.5, 0.6) is 0 Å². The first-order valence-electron chi connectivity index (χ1n) is 14.4. The summed E-state index contributed by atoms with van der Waals surface area (Å²) in [6.45, 7) is 0.